The van der Waals surface area contributed by atoms with Gasteiger partial charge >= 0.3 is 17.9 Å². The molecule has 0 aliphatic carbocycles. The van der Waals surface area contributed by atoms with E-state index >= 15 is 0 Å². The first kappa shape index (κ1) is 27.6. The molecule has 4 atom stereocenters. The number of hydrogen-bond acceptors (Lipinski definition) is 8. The fourth-order valence-corrected chi connectivity index (χ4v) is 3.48. The van der Waals surface area contributed by atoms with E-state index in [1.165, 1.54) is 63.9 Å². The number of ether oxygens (including phenoxy) is 2. The number of hydrogen-bond donors (Lipinski definition) is 4. The maximum absolute atomic E-state index is 11.8. The number of carbonyl (C=O) groups is 2. The van der Waals surface area contributed by atoms with Crippen LogP contribution in [0.15, 0.2) is 12.2 Å². The molecule has 1 saturated heterocycles. The Morgan fingerprint density at radius 3 is 2.16 bits per heavy atom. The van der Waals surface area contributed by atoms with E-state index < -0.39 is 36.1 Å². The first-order chi connectivity index (χ1) is 14.8. The summed E-state index contributed by atoms with van der Waals surface area (Å²) < 4.78 is 9.59. The van der Waals surface area contributed by atoms with Crippen LogP contribution in [0.4, 0.5) is 0 Å². The Kier molecular flexibility index (Phi) is 13.6. The lowest BCUT2D eigenvalue weighted by Gasteiger charge is -2.35. The molecule has 0 spiro atoms. The summed E-state index contributed by atoms with van der Waals surface area (Å²) in [6, 6.07) is -2.63. The van der Waals surface area contributed by atoms with Crippen molar-refractivity contribution in [3.8, 4) is 0 Å². The Balaban J connectivity index is 2.25. The molecule has 31 heavy (non-hydrogen) atoms. The van der Waals surface area contributed by atoms with Gasteiger partial charge in [0, 0.05) is 6.42 Å². The summed E-state index contributed by atoms with van der Waals surface area (Å²) in [4.78, 5) is 23.6. The van der Waals surface area contributed by atoms with Crippen molar-refractivity contribution >= 4 is 11.9 Å². The summed E-state index contributed by atoms with van der Waals surface area (Å²) in [7, 11) is 0. The molecule has 1 rings (SSSR count). The number of nitrogens with two attached hydrogens (primary N) is 2. The third-order valence-corrected chi connectivity index (χ3v) is 5.57. The summed E-state index contributed by atoms with van der Waals surface area (Å²) in [5.74, 6) is -4.51. The van der Waals surface area contributed by atoms with Crippen molar-refractivity contribution in [2.75, 3.05) is 0 Å². The lowest BCUT2D eigenvalue weighted by atomic mass is 10.0. The van der Waals surface area contributed by atoms with Crippen LogP contribution in [0.5, 0.6) is 0 Å². The Bertz CT molecular complexity index is 556. The molecule has 0 amide bonds. The number of aliphatic hydroxyl groups excluding tert-OH is 1. The predicted octanol–water partition coefficient (Wildman–Crippen LogP) is 2.79. The first-order valence-corrected chi connectivity index (χ1v) is 11.8. The van der Waals surface area contributed by atoms with Crippen LogP contribution in [-0.2, 0) is 19.1 Å². The Hall–Kier alpha value is -1.48. The van der Waals surface area contributed by atoms with Gasteiger partial charge in [0.15, 0.2) is 0 Å². The number of unbranched alkanes of at least 4 members (excludes halogenated alkanes) is 11. The number of allylic oxidation sites excluding steroid dienone is 1. The van der Waals surface area contributed by atoms with Gasteiger partial charge in [-0.15, -0.1) is 0 Å². The second-order valence-electron chi connectivity index (χ2n) is 8.44. The van der Waals surface area contributed by atoms with Crippen LogP contribution in [0.25, 0.3) is 0 Å². The lowest BCUT2D eigenvalue weighted by molar-refractivity contribution is -0.342. The molecular weight excluding hydrogens is 400 g/mol. The molecule has 0 saturated carbocycles. The summed E-state index contributed by atoms with van der Waals surface area (Å²) in [6.07, 6.45) is 16.3. The van der Waals surface area contributed by atoms with E-state index in [1.807, 2.05) is 0 Å². The largest absolute Gasteiger partial charge is 0.397 e. The van der Waals surface area contributed by atoms with Crippen LogP contribution in [-0.4, -0.2) is 46.3 Å². The van der Waals surface area contributed by atoms with Gasteiger partial charge in [0.1, 0.15) is 12.1 Å². The standard InChI is InChI=1S/C23H42N2O6/c1-2-3-4-5-6-7-8-9-10-11-12-13-14-15-19(26)21(25)23(29)30-20(27)17-16-18(24)22(28)31-23/h14-15,18-19,21,26,29H,2-13,16-17,24-25H2,1H3/b15-14+/t18-,19-,21-,23?/m1/s1. The highest BCUT2D eigenvalue weighted by Crippen LogP contribution is 2.22. The zero-order valence-electron chi connectivity index (χ0n) is 19.0. The van der Waals surface area contributed by atoms with Gasteiger partial charge in [-0.1, -0.05) is 83.3 Å². The van der Waals surface area contributed by atoms with Gasteiger partial charge in [-0.3, -0.25) is 9.59 Å². The van der Waals surface area contributed by atoms with Crippen LogP contribution >= 0.6 is 0 Å². The van der Waals surface area contributed by atoms with E-state index in [2.05, 4.69) is 6.92 Å². The molecule has 0 bridgehead atoms. The van der Waals surface area contributed by atoms with E-state index in [0.29, 0.717) is 0 Å². The smallest absolute Gasteiger partial charge is 0.392 e. The minimum Gasteiger partial charge on any atom is -0.397 e. The van der Waals surface area contributed by atoms with Crippen LogP contribution in [0.3, 0.4) is 0 Å². The Morgan fingerprint density at radius 2 is 1.58 bits per heavy atom. The van der Waals surface area contributed by atoms with Gasteiger partial charge in [0.2, 0.25) is 0 Å². The molecule has 1 aliphatic heterocycles. The van der Waals surface area contributed by atoms with E-state index in [1.54, 1.807) is 6.08 Å². The van der Waals surface area contributed by atoms with Crippen molar-refractivity contribution in [2.24, 2.45) is 11.5 Å². The highest BCUT2D eigenvalue weighted by Gasteiger charge is 2.48. The second-order valence-corrected chi connectivity index (χ2v) is 8.44. The van der Waals surface area contributed by atoms with Crippen LogP contribution in [0.1, 0.15) is 96.8 Å². The zero-order chi connectivity index (χ0) is 23.1. The topological polar surface area (TPSA) is 145 Å². The monoisotopic (exact) mass is 442 g/mol. The van der Waals surface area contributed by atoms with Crippen molar-refractivity contribution in [3.05, 3.63) is 12.2 Å². The third kappa shape index (κ3) is 11.1. The summed E-state index contributed by atoms with van der Waals surface area (Å²) in [5.41, 5.74) is 11.4. The fraction of sp³-hybridized carbons (Fsp3) is 0.826. The average Bonchev–Trinajstić information content (AvgIpc) is 2.73. The van der Waals surface area contributed by atoms with Crippen LogP contribution in [0.2, 0.25) is 0 Å². The van der Waals surface area contributed by atoms with Gasteiger partial charge in [0.05, 0.1) is 6.10 Å². The molecule has 180 valence electrons. The van der Waals surface area contributed by atoms with Crippen molar-refractivity contribution in [2.45, 2.75) is 121 Å². The van der Waals surface area contributed by atoms with E-state index in [-0.39, 0.29) is 12.8 Å². The number of aliphatic hydroxyl groups is 2. The maximum Gasteiger partial charge on any atom is 0.392 e. The predicted molar refractivity (Wildman–Crippen MR) is 119 cm³/mol. The van der Waals surface area contributed by atoms with E-state index in [9.17, 15) is 19.8 Å². The van der Waals surface area contributed by atoms with Crippen molar-refractivity contribution in [1.82, 2.24) is 0 Å². The molecule has 8 nitrogen and oxygen atoms in total. The number of esters is 2. The van der Waals surface area contributed by atoms with E-state index in [0.717, 1.165) is 19.3 Å². The number of carbonyl (C=O) groups excluding carboxylic acids is 2. The summed E-state index contributed by atoms with van der Waals surface area (Å²) in [5, 5.41) is 20.6. The van der Waals surface area contributed by atoms with Crippen LogP contribution in [0, 0.1) is 0 Å². The first-order valence-electron chi connectivity index (χ1n) is 11.8. The van der Waals surface area contributed by atoms with Gasteiger partial charge < -0.3 is 31.2 Å². The second kappa shape index (κ2) is 15.3. The molecule has 0 aromatic heterocycles. The van der Waals surface area contributed by atoms with Gasteiger partial charge in [0.25, 0.3) is 0 Å². The Morgan fingerprint density at radius 1 is 1.03 bits per heavy atom. The minimum atomic E-state index is -2.76. The molecule has 1 fully saturated rings. The molecular formula is C23H42N2O6. The SMILES string of the molecule is CCCCCCCCCCCCC/C=C/[C@@H](O)[C@@H](N)C1(O)OC(=O)CC[C@@H](N)C(=O)O1. The molecule has 1 aliphatic rings. The van der Waals surface area contributed by atoms with Crippen molar-refractivity contribution in [3.63, 3.8) is 0 Å². The van der Waals surface area contributed by atoms with Gasteiger partial charge in [-0.05, 0) is 19.3 Å². The van der Waals surface area contributed by atoms with Crippen molar-refractivity contribution in [1.29, 1.82) is 0 Å². The van der Waals surface area contributed by atoms with Crippen molar-refractivity contribution < 1.29 is 29.3 Å². The molecule has 0 aromatic carbocycles. The quantitative estimate of drug-likeness (QED) is 0.172. The minimum absolute atomic E-state index is 0.0460. The van der Waals surface area contributed by atoms with Gasteiger partial charge in [-0.25, -0.2) is 0 Å². The molecule has 1 unspecified atom stereocenters. The highest BCUT2D eigenvalue weighted by molar-refractivity contribution is 5.78. The third-order valence-electron chi connectivity index (χ3n) is 5.57. The number of cyclic esters (lactones) is 2. The number of rotatable bonds is 15. The summed E-state index contributed by atoms with van der Waals surface area (Å²) in [6.45, 7) is 2.23. The lowest BCUT2D eigenvalue weighted by Crippen LogP contribution is -2.61. The normalized spacial score (nSPS) is 24.4. The molecule has 0 radical (unpaired) electrons. The van der Waals surface area contributed by atoms with Crippen LogP contribution < -0.4 is 11.5 Å². The fourth-order valence-electron chi connectivity index (χ4n) is 3.48. The molecule has 8 heteroatoms. The molecule has 1 heterocycles. The van der Waals surface area contributed by atoms with Gasteiger partial charge in [-0.2, -0.15) is 0 Å². The average molecular weight is 443 g/mol. The Labute approximate surface area is 186 Å². The maximum atomic E-state index is 11.8. The summed E-state index contributed by atoms with van der Waals surface area (Å²) >= 11 is 0. The van der Waals surface area contributed by atoms with E-state index in [4.69, 9.17) is 20.9 Å². The zero-order valence-corrected chi connectivity index (χ0v) is 19.0. The molecule has 6 N–H and O–H groups in total. The highest BCUT2D eigenvalue weighted by atomic mass is 16.8. The molecule has 0 aromatic rings.